The van der Waals surface area contributed by atoms with Crippen LogP contribution in [-0.4, -0.2) is 40.1 Å². The molecule has 0 radical (unpaired) electrons. The zero-order valence-corrected chi connectivity index (χ0v) is 18.3. The minimum absolute atomic E-state index is 0.0774. The maximum absolute atomic E-state index is 13.2. The Kier molecular flexibility index (Phi) is 8.43. The van der Waals surface area contributed by atoms with Gasteiger partial charge in [-0.3, -0.25) is 9.10 Å². The van der Waals surface area contributed by atoms with Gasteiger partial charge in [0, 0.05) is 13.2 Å². The lowest BCUT2D eigenvalue weighted by molar-refractivity contribution is -0.119. The van der Waals surface area contributed by atoms with E-state index in [9.17, 15) is 17.6 Å². The van der Waals surface area contributed by atoms with E-state index in [1.807, 2.05) is 0 Å². The number of anilines is 1. The van der Waals surface area contributed by atoms with E-state index in [-0.39, 0.29) is 11.4 Å². The maximum Gasteiger partial charge on any atom is 0.264 e. The Morgan fingerprint density at radius 1 is 1.03 bits per heavy atom. The van der Waals surface area contributed by atoms with Crippen molar-refractivity contribution in [3.63, 3.8) is 0 Å². The molecule has 1 N–H and O–H groups in total. The smallest absolute Gasteiger partial charge is 0.264 e. The van der Waals surface area contributed by atoms with Crippen LogP contribution in [-0.2, 0) is 19.6 Å². The van der Waals surface area contributed by atoms with E-state index in [1.54, 1.807) is 30.3 Å². The molecule has 1 amide bonds. The molecule has 0 saturated heterocycles. The monoisotopic (exact) mass is 448 g/mol. The lowest BCUT2D eigenvalue weighted by atomic mass is 9.98. The molecule has 1 aliphatic carbocycles. The molecule has 2 aromatic carbocycles. The van der Waals surface area contributed by atoms with Crippen molar-refractivity contribution >= 4 is 21.6 Å². The second-order valence-electron chi connectivity index (χ2n) is 7.64. The van der Waals surface area contributed by atoms with E-state index >= 15 is 0 Å². The van der Waals surface area contributed by atoms with Gasteiger partial charge in [0.05, 0.1) is 16.7 Å². The Bertz CT molecular complexity index is 930. The number of rotatable bonds is 10. The summed E-state index contributed by atoms with van der Waals surface area (Å²) in [4.78, 5) is 12.4. The van der Waals surface area contributed by atoms with Gasteiger partial charge in [-0.05, 0) is 55.7 Å². The van der Waals surface area contributed by atoms with Crippen LogP contribution in [0.1, 0.15) is 38.5 Å². The second-order valence-corrected chi connectivity index (χ2v) is 9.50. The third-order valence-corrected chi connectivity index (χ3v) is 7.07. The topological polar surface area (TPSA) is 75.7 Å². The normalized spacial score (nSPS) is 14.9. The second kappa shape index (κ2) is 11.2. The van der Waals surface area contributed by atoms with E-state index in [1.165, 1.54) is 31.4 Å². The van der Waals surface area contributed by atoms with Gasteiger partial charge in [0.2, 0.25) is 5.91 Å². The summed E-state index contributed by atoms with van der Waals surface area (Å²) in [5, 5.41) is 2.77. The Morgan fingerprint density at radius 3 is 2.39 bits per heavy atom. The predicted molar refractivity (Wildman–Crippen MR) is 118 cm³/mol. The predicted octanol–water partition coefficient (Wildman–Crippen LogP) is 3.88. The van der Waals surface area contributed by atoms with Crippen molar-refractivity contribution in [2.24, 2.45) is 0 Å². The summed E-state index contributed by atoms with van der Waals surface area (Å²) < 4.78 is 46.4. The summed E-state index contributed by atoms with van der Waals surface area (Å²) in [6.07, 6.45) is 6.86. The summed E-state index contributed by atoms with van der Waals surface area (Å²) in [6.45, 7) is 0.610. The fourth-order valence-electron chi connectivity index (χ4n) is 3.61. The molecule has 8 heteroatoms. The number of carbonyl (C=O) groups is 1. The third-order valence-electron chi connectivity index (χ3n) is 5.28. The Labute approximate surface area is 183 Å². The fraction of sp³-hybridized carbons (Fsp3) is 0.435. The van der Waals surface area contributed by atoms with Gasteiger partial charge in [0.1, 0.15) is 12.4 Å². The molecule has 0 heterocycles. The van der Waals surface area contributed by atoms with Crippen molar-refractivity contribution in [1.82, 2.24) is 5.32 Å². The van der Waals surface area contributed by atoms with E-state index < -0.39 is 21.7 Å². The summed E-state index contributed by atoms with van der Waals surface area (Å²) in [5.74, 6) is -0.939. The van der Waals surface area contributed by atoms with Gasteiger partial charge < -0.3 is 10.1 Å². The number of halogens is 1. The molecule has 0 unspecified atom stereocenters. The number of ether oxygens (including phenoxy) is 1. The number of benzene rings is 2. The van der Waals surface area contributed by atoms with Gasteiger partial charge in [-0.2, -0.15) is 0 Å². The van der Waals surface area contributed by atoms with Crippen LogP contribution < -0.4 is 9.62 Å². The van der Waals surface area contributed by atoms with Crippen molar-refractivity contribution in [1.29, 1.82) is 0 Å². The molecule has 0 atom stereocenters. The Balaban J connectivity index is 1.58. The number of hydrogen-bond acceptors (Lipinski definition) is 4. The molecule has 2 aromatic rings. The van der Waals surface area contributed by atoms with Gasteiger partial charge in [0.15, 0.2) is 0 Å². The highest BCUT2D eigenvalue weighted by Crippen LogP contribution is 2.23. The summed E-state index contributed by atoms with van der Waals surface area (Å²) in [7, 11) is -4.03. The van der Waals surface area contributed by atoms with Crippen LogP contribution in [0.5, 0.6) is 0 Å². The van der Waals surface area contributed by atoms with E-state index in [0.717, 1.165) is 29.3 Å². The molecule has 0 bridgehead atoms. The lowest BCUT2D eigenvalue weighted by Crippen LogP contribution is -2.41. The van der Waals surface area contributed by atoms with Gasteiger partial charge in [-0.15, -0.1) is 0 Å². The molecule has 3 rings (SSSR count). The van der Waals surface area contributed by atoms with Gasteiger partial charge in [-0.1, -0.05) is 37.5 Å². The molecular formula is C23H29FN2O4S. The zero-order valence-electron chi connectivity index (χ0n) is 17.5. The number of hydrogen-bond donors (Lipinski definition) is 1. The molecule has 0 spiro atoms. The van der Waals surface area contributed by atoms with Gasteiger partial charge in [0.25, 0.3) is 10.0 Å². The standard InChI is InChI=1S/C23H29FN2O4S/c24-19-12-14-22(15-13-19)31(28,29)26(20-8-3-1-4-9-20)18-23(27)25-16-7-17-30-21-10-5-2-6-11-21/h1,3-4,8-9,12-15,21H,2,5-7,10-11,16-18H2,(H,25,27). The van der Waals surface area contributed by atoms with Crippen molar-refractivity contribution in [3.8, 4) is 0 Å². The SMILES string of the molecule is O=C(CN(c1ccccc1)S(=O)(=O)c1ccc(F)cc1)NCCCOC1CCCCC1. The number of sulfonamides is 1. The minimum atomic E-state index is -4.03. The molecule has 0 aromatic heterocycles. The first kappa shape index (κ1) is 23.2. The summed E-state index contributed by atoms with van der Waals surface area (Å²) >= 11 is 0. The number of nitrogens with zero attached hydrogens (tertiary/aromatic N) is 1. The van der Waals surface area contributed by atoms with E-state index in [4.69, 9.17) is 4.74 Å². The van der Waals surface area contributed by atoms with Crippen LogP contribution in [0.15, 0.2) is 59.5 Å². The molecular weight excluding hydrogens is 419 g/mol. The van der Waals surface area contributed by atoms with Gasteiger partial charge in [-0.25, -0.2) is 12.8 Å². The molecule has 0 aliphatic heterocycles. The van der Waals surface area contributed by atoms with Crippen LogP contribution in [0.2, 0.25) is 0 Å². The van der Waals surface area contributed by atoms with Crippen LogP contribution in [0.4, 0.5) is 10.1 Å². The summed E-state index contributed by atoms with van der Waals surface area (Å²) in [5.41, 5.74) is 0.364. The van der Waals surface area contributed by atoms with E-state index in [0.29, 0.717) is 31.4 Å². The Hall–Kier alpha value is -2.45. The van der Waals surface area contributed by atoms with Crippen LogP contribution in [0, 0.1) is 5.82 Å². The van der Waals surface area contributed by atoms with Crippen LogP contribution in [0.25, 0.3) is 0 Å². The first-order valence-corrected chi connectivity index (χ1v) is 12.1. The molecule has 1 saturated carbocycles. The van der Waals surface area contributed by atoms with Crippen molar-refractivity contribution in [2.75, 3.05) is 24.0 Å². The van der Waals surface area contributed by atoms with Crippen molar-refractivity contribution in [3.05, 3.63) is 60.4 Å². The fourth-order valence-corrected chi connectivity index (χ4v) is 5.03. The molecule has 168 valence electrons. The highest BCUT2D eigenvalue weighted by atomic mass is 32.2. The van der Waals surface area contributed by atoms with Crippen LogP contribution >= 0.6 is 0 Å². The molecule has 1 fully saturated rings. The lowest BCUT2D eigenvalue weighted by Gasteiger charge is -2.24. The Morgan fingerprint density at radius 2 is 1.71 bits per heavy atom. The highest BCUT2D eigenvalue weighted by Gasteiger charge is 2.27. The number of carbonyl (C=O) groups excluding carboxylic acids is 1. The average molecular weight is 449 g/mol. The first-order valence-electron chi connectivity index (χ1n) is 10.7. The first-order chi connectivity index (χ1) is 15.0. The zero-order chi connectivity index (χ0) is 22.1. The number of para-hydroxylation sites is 1. The average Bonchev–Trinajstić information content (AvgIpc) is 2.79. The number of nitrogens with one attached hydrogen (secondary N) is 1. The molecule has 1 aliphatic rings. The van der Waals surface area contributed by atoms with Crippen LogP contribution in [0.3, 0.4) is 0 Å². The maximum atomic E-state index is 13.2. The third kappa shape index (κ3) is 6.77. The molecule has 6 nitrogen and oxygen atoms in total. The molecule has 31 heavy (non-hydrogen) atoms. The number of amides is 1. The van der Waals surface area contributed by atoms with E-state index in [2.05, 4.69) is 5.32 Å². The van der Waals surface area contributed by atoms with Crippen molar-refractivity contribution < 1.29 is 22.3 Å². The largest absolute Gasteiger partial charge is 0.378 e. The quantitative estimate of drug-likeness (QED) is 0.560. The minimum Gasteiger partial charge on any atom is -0.378 e. The highest BCUT2D eigenvalue weighted by molar-refractivity contribution is 7.92. The summed E-state index contributed by atoms with van der Waals surface area (Å²) in [6, 6.07) is 13.0. The van der Waals surface area contributed by atoms with Crippen molar-refractivity contribution in [2.45, 2.75) is 49.5 Å². The van der Waals surface area contributed by atoms with Gasteiger partial charge >= 0.3 is 0 Å².